The molecule has 8 nitrogen and oxygen atoms in total. The topological polar surface area (TPSA) is 111 Å². The fraction of sp³-hybridized carbons (Fsp3) is 0.538. The maximum Gasteiger partial charge on any atom is 0.293 e. The maximum absolute atomic E-state index is 12.5. The van der Waals surface area contributed by atoms with Gasteiger partial charge in [0.25, 0.3) is 5.69 Å². The molecule has 2 atom stereocenters. The molecule has 1 aliphatic rings. The quantitative estimate of drug-likeness (QED) is 0.603. The van der Waals surface area contributed by atoms with Crippen molar-refractivity contribution in [3.8, 4) is 5.75 Å². The Morgan fingerprint density at radius 2 is 2.13 bits per heavy atom. The van der Waals surface area contributed by atoms with E-state index in [0.717, 1.165) is 19.0 Å². The fourth-order valence-corrected chi connectivity index (χ4v) is 3.97. The third-order valence-corrected chi connectivity index (χ3v) is 5.26. The number of nitrogens with one attached hydrogen (secondary N) is 2. The summed E-state index contributed by atoms with van der Waals surface area (Å²) in [5.41, 5.74) is -0.497. The molecule has 1 heterocycles. The van der Waals surface area contributed by atoms with Gasteiger partial charge in [-0.15, -0.1) is 12.4 Å². The molecule has 0 aliphatic carbocycles. The van der Waals surface area contributed by atoms with Crippen LogP contribution in [0, 0.1) is 10.1 Å². The number of methoxy groups -OCH3 is 1. The number of piperidine rings is 1. The van der Waals surface area contributed by atoms with Crippen LogP contribution in [0.2, 0.25) is 0 Å². The zero-order chi connectivity index (χ0) is 16.3. The van der Waals surface area contributed by atoms with Crippen molar-refractivity contribution in [1.29, 1.82) is 0 Å². The molecular formula is C13H20ClN3O5S. The normalized spacial score (nSPS) is 21.3. The Hall–Kier alpha value is -1.42. The van der Waals surface area contributed by atoms with Gasteiger partial charge in [-0.2, -0.15) is 0 Å². The molecular weight excluding hydrogens is 346 g/mol. The average Bonchev–Trinajstić information content (AvgIpc) is 2.48. The van der Waals surface area contributed by atoms with E-state index in [1.807, 2.05) is 6.92 Å². The van der Waals surface area contributed by atoms with Crippen molar-refractivity contribution in [2.24, 2.45) is 0 Å². The van der Waals surface area contributed by atoms with Gasteiger partial charge >= 0.3 is 0 Å². The van der Waals surface area contributed by atoms with Crippen molar-refractivity contribution in [2.75, 3.05) is 13.7 Å². The molecule has 0 aromatic heterocycles. The standard InChI is InChI=1S/C13H19N3O5S.ClH/c1-9-11(4-3-7-14-9)15-22(19,20)13-6-5-10(21-2)8-12(13)16(17)18;/h5-6,8-9,11,14-15H,3-4,7H2,1-2H3;1H. The second kappa shape index (κ2) is 7.91. The van der Waals surface area contributed by atoms with Gasteiger partial charge in [0.2, 0.25) is 10.0 Å². The largest absolute Gasteiger partial charge is 0.497 e. The van der Waals surface area contributed by atoms with E-state index in [1.54, 1.807) is 0 Å². The minimum absolute atomic E-state index is 0. The molecule has 0 saturated carbocycles. The molecule has 0 spiro atoms. The number of rotatable bonds is 5. The van der Waals surface area contributed by atoms with E-state index in [9.17, 15) is 18.5 Å². The zero-order valence-corrected chi connectivity index (χ0v) is 14.4. The first-order valence-corrected chi connectivity index (χ1v) is 8.41. The van der Waals surface area contributed by atoms with Crippen LogP contribution in [-0.4, -0.2) is 39.1 Å². The van der Waals surface area contributed by atoms with E-state index in [2.05, 4.69) is 10.0 Å². The Morgan fingerprint density at radius 3 is 2.70 bits per heavy atom. The van der Waals surface area contributed by atoms with Gasteiger partial charge < -0.3 is 10.1 Å². The van der Waals surface area contributed by atoms with Gasteiger partial charge in [-0.3, -0.25) is 10.1 Å². The smallest absolute Gasteiger partial charge is 0.293 e. The zero-order valence-electron chi connectivity index (χ0n) is 12.8. The lowest BCUT2D eigenvalue weighted by Crippen LogP contribution is -2.51. The molecule has 1 fully saturated rings. The van der Waals surface area contributed by atoms with Gasteiger partial charge in [-0.1, -0.05) is 0 Å². The Morgan fingerprint density at radius 1 is 1.43 bits per heavy atom. The van der Waals surface area contributed by atoms with Crippen molar-refractivity contribution in [3.05, 3.63) is 28.3 Å². The van der Waals surface area contributed by atoms with E-state index in [1.165, 1.54) is 19.2 Å². The van der Waals surface area contributed by atoms with Crippen LogP contribution in [0.4, 0.5) is 5.69 Å². The number of nitro groups is 1. The Kier molecular flexibility index (Phi) is 6.75. The lowest BCUT2D eigenvalue weighted by atomic mass is 10.0. The first-order valence-electron chi connectivity index (χ1n) is 6.93. The molecule has 130 valence electrons. The second-order valence-corrected chi connectivity index (χ2v) is 6.89. The Labute approximate surface area is 141 Å². The molecule has 1 aromatic carbocycles. The highest BCUT2D eigenvalue weighted by molar-refractivity contribution is 7.89. The van der Waals surface area contributed by atoms with Crippen LogP contribution in [0.15, 0.2) is 23.1 Å². The van der Waals surface area contributed by atoms with Gasteiger partial charge in [-0.25, -0.2) is 13.1 Å². The van der Waals surface area contributed by atoms with E-state index >= 15 is 0 Å². The van der Waals surface area contributed by atoms with Crippen LogP contribution < -0.4 is 14.8 Å². The van der Waals surface area contributed by atoms with Crippen molar-refractivity contribution >= 4 is 28.1 Å². The molecule has 0 bridgehead atoms. The van der Waals surface area contributed by atoms with E-state index in [-0.39, 0.29) is 35.1 Å². The van der Waals surface area contributed by atoms with Gasteiger partial charge in [0, 0.05) is 12.1 Å². The van der Waals surface area contributed by atoms with Crippen LogP contribution in [-0.2, 0) is 10.0 Å². The summed E-state index contributed by atoms with van der Waals surface area (Å²) < 4.78 is 32.4. The van der Waals surface area contributed by atoms with Crippen LogP contribution in [0.3, 0.4) is 0 Å². The monoisotopic (exact) mass is 365 g/mol. The van der Waals surface area contributed by atoms with Crippen molar-refractivity contribution in [3.63, 3.8) is 0 Å². The lowest BCUT2D eigenvalue weighted by molar-refractivity contribution is -0.387. The molecule has 1 aliphatic heterocycles. The molecule has 2 unspecified atom stereocenters. The number of ether oxygens (including phenoxy) is 1. The predicted molar refractivity (Wildman–Crippen MR) is 87.7 cm³/mol. The lowest BCUT2D eigenvalue weighted by Gasteiger charge is -2.30. The predicted octanol–water partition coefficient (Wildman–Crippen LogP) is 1.44. The summed E-state index contributed by atoms with van der Waals surface area (Å²) in [6.07, 6.45) is 1.54. The molecule has 2 N–H and O–H groups in total. The van der Waals surface area contributed by atoms with Crippen molar-refractivity contribution in [2.45, 2.75) is 36.7 Å². The summed E-state index contributed by atoms with van der Waals surface area (Å²) in [6.45, 7) is 2.72. The molecule has 2 rings (SSSR count). The highest BCUT2D eigenvalue weighted by Crippen LogP contribution is 2.28. The first-order chi connectivity index (χ1) is 10.3. The molecule has 1 aromatic rings. The number of nitro benzene ring substituents is 1. The van der Waals surface area contributed by atoms with E-state index in [0.29, 0.717) is 6.42 Å². The number of benzene rings is 1. The van der Waals surface area contributed by atoms with Crippen LogP contribution >= 0.6 is 12.4 Å². The van der Waals surface area contributed by atoms with Crippen molar-refractivity contribution in [1.82, 2.24) is 10.0 Å². The average molecular weight is 366 g/mol. The number of halogens is 1. The summed E-state index contributed by atoms with van der Waals surface area (Å²) >= 11 is 0. The highest BCUT2D eigenvalue weighted by Gasteiger charge is 2.31. The molecule has 23 heavy (non-hydrogen) atoms. The van der Waals surface area contributed by atoms with E-state index < -0.39 is 20.6 Å². The second-order valence-electron chi connectivity index (χ2n) is 5.20. The third kappa shape index (κ3) is 4.54. The first kappa shape index (κ1) is 19.6. The van der Waals surface area contributed by atoms with Crippen LogP contribution in [0.25, 0.3) is 0 Å². The summed E-state index contributed by atoms with van der Waals surface area (Å²) in [5, 5.41) is 14.3. The maximum atomic E-state index is 12.5. The Balaban J connectivity index is 0.00000264. The minimum atomic E-state index is -3.98. The molecule has 1 saturated heterocycles. The molecule has 0 radical (unpaired) electrons. The van der Waals surface area contributed by atoms with Crippen LogP contribution in [0.1, 0.15) is 19.8 Å². The summed E-state index contributed by atoms with van der Waals surface area (Å²) in [7, 11) is -2.62. The van der Waals surface area contributed by atoms with Gasteiger partial charge in [0.1, 0.15) is 5.75 Å². The van der Waals surface area contributed by atoms with Crippen molar-refractivity contribution < 1.29 is 18.1 Å². The fourth-order valence-electron chi connectivity index (χ4n) is 2.46. The third-order valence-electron chi connectivity index (χ3n) is 3.72. The molecule has 10 heteroatoms. The minimum Gasteiger partial charge on any atom is -0.497 e. The van der Waals surface area contributed by atoms with Gasteiger partial charge in [0.05, 0.1) is 18.1 Å². The highest BCUT2D eigenvalue weighted by atomic mass is 35.5. The summed E-state index contributed by atoms with van der Waals surface area (Å²) in [6, 6.07) is 3.38. The van der Waals surface area contributed by atoms with Gasteiger partial charge in [-0.05, 0) is 38.4 Å². The number of hydrogen-bond donors (Lipinski definition) is 2. The number of sulfonamides is 1. The summed E-state index contributed by atoms with van der Waals surface area (Å²) in [4.78, 5) is 10.1. The molecule has 0 amide bonds. The SMILES string of the molecule is COc1ccc(S(=O)(=O)NC2CCCNC2C)c([N+](=O)[O-])c1.Cl. The number of nitrogens with zero attached hydrogens (tertiary/aromatic N) is 1. The Bertz CT molecular complexity index is 668. The summed E-state index contributed by atoms with van der Waals surface area (Å²) in [5.74, 6) is 0.235. The van der Waals surface area contributed by atoms with Gasteiger partial charge in [0.15, 0.2) is 4.90 Å². The number of hydrogen-bond acceptors (Lipinski definition) is 6. The van der Waals surface area contributed by atoms with Crippen LogP contribution in [0.5, 0.6) is 5.75 Å². The van der Waals surface area contributed by atoms with E-state index in [4.69, 9.17) is 4.74 Å².